The van der Waals surface area contributed by atoms with Gasteiger partial charge in [-0.2, -0.15) is 4.98 Å². The highest BCUT2D eigenvalue weighted by molar-refractivity contribution is 8.76. The van der Waals surface area contributed by atoms with E-state index in [0.717, 1.165) is 21.6 Å². The van der Waals surface area contributed by atoms with Crippen molar-refractivity contribution in [2.45, 2.75) is 125 Å². The number of ether oxygens (including phenoxy) is 1. The van der Waals surface area contributed by atoms with E-state index in [2.05, 4.69) is 83.2 Å². The summed E-state index contributed by atoms with van der Waals surface area (Å²) >= 11 is 0. The average molecular weight is 1460 g/mol. The third-order valence-corrected chi connectivity index (χ3v) is 16.1. The number of aliphatic hydroxyl groups excluding tert-OH is 8. The zero-order valence-electron chi connectivity index (χ0n) is 53.4. The van der Waals surface area contributed by atoms with Crippen LogP contribution >= 0.6 is 21.6 Å². The Morgan fingerprint density at radius 2 is 1.10 bits per heavy atom. The van der Waals surface area contributed by atoms with Gasteiger partial charge in [0.25, 0.3) is 11.5 Å². The molecule has 0 saturated carbocycles. The van der Waals surface area contributed by atoms with E-state index in [1.54, 1.807) is 12.1 Å². The summed E-state index contributed by atoms with van der Waals surface area (Å²) in [7, 11) is 1.96. The number of nitrogens with one attached hydrogen (secondary N) is 12. The topological polar surface area (TPSA) is 689 Å². The van der Waals surface area contributed by atoms with Crippen LogP contribution in [0.2, 0.25) is 0 Å². The summed E-state index contributed by atoms with van der Waals surface area (Å²) in [6.45, 7) is -5.26. The highest BCUT2D eigenvalue weighted by Crippen LogP contribution is 2.22. The van der Waals surface area contributed by atoms with Crippen LogP contribution in [0.1, 0.15) is 73.8 Å². The van der Waals surface area contributed by atoms with Gasteiger partial charge in [0.05, 0.1) is 68.9 Å². The van der Waals surface area contributed by atoms with Gasteiger partial charge in [0, 0.05) is 74.9 Å². The van der Waals surface area contributed by atoms with Gasteiger partial charge >= 0.3 is 18.0 Å². The van der Waals surface area contributed by atoms with Gasteiger partial charge in [-0.25, -0.2) is 19.6 Å². The maximum Gasteiger partial charge on any atom is 0.404 e. The van der Waals surface area contributed by atoms with Crippen molar-refractivity contribution in [1.82, 2.24) is 73.1 Å². The Hall–Kier alpha value is -9.67. The predicted octanol–water partition coefficient (Wildman–Crippen LogP) is -9.54. The number of H-pyrrole nitrogens is 1. The Labute approximate surface area is 575 Å². The predicted molar refractivity (Wildman–Crippen MR) is 349 cm³/mol. The van der Waals surface area contributed by atoms with Crippen molar-refractivity contribution in [3.63, 3.8) is 0 Å². The molecule has 3 aromatic rings. The summed E-state index contributed by atoms with van der Waals surface area (Å²) in [5.74, 6) is -13.5. The Morgan fingerprint density at radius 1 is 0.580 bits per heavy atom. The molecule has 0 aliphatic rings. The van der Waals surface area contributed by atoms with Gasteiger partial charge < -0.3 is 126 Å². The van der Waals surface area contributed by atoms with Gasteiger partial charge in [-0.15, -0.1) is 0 Å². The molecular formula is C56H83N17O25S2. The molecule has 0 aliphatic heterocycles. The number of amides is 11. The summed E-state index contributed by atoms with van der Waals surface area (Å²) in [6.07, 6.45) is -14.4. The molecule has 554 valence electrons. The molecule has 26 N–H and O–H groups in total. The number of carbonyl (C=O) groups is 13. The Morgan fingerprint density at radius 3 is 1.63 bits per heavy atom. The summed E-state index contributed by atoms with van der Waals surface area (Å²) in [4.78, 5) is 193. The summed E-state index contributed by atoms with van der Waals surface area (Å²) in [5, 5.41) is 123. The van der Waals surface area contributed by atoms with E-state index >= 15 is 0 Å². The Kier molecular flexibility index (Phi) is 38.1. The molecular weight excluding hydrogens is 1370 g/mol. The first-order valence-electron chi connectivity index (χ1n) is 30.5. The number of carboxylic acid groups (broad SMARTS) is 2. The SMILES string of the molecule is NC(=O)OCCSSC[C@H](NC(=O)[C@H](CCC(=O)NC[C@H](O)[C@@H](O)[C@H](O)CCO)NC(=O)CNC(=O)[C@H](CCC(=O)NCC(O)[C@@H](O)[C@H](O)CCO)NC(=O)CNC(=O)[C@H](CC(=O)O)NC(=O)CNC(=O)CCCNC(=O)c1ccc(NCc2cnc3nc(N)[nH]c(=O)c3n2)cc1)C(=O)O. The van der Waals surface area contributed by atoms with Gasteiger partial charge in [0.2, 0.25) is 59.1 Å². The molecule has 10 atom stereocenters. The fourth-order valence-corrected chi connectivity index (χ4v) is 10.4. The second-order valence-corrected chi connectivity index (χ2v) is 24.2. The van der Waals surface area contributed by atoms with E-state index in [1.165, 1.54) is 18.3 Å². The van der Waals surface area contributed by atoms with Crippen LogP contribution in [-0.2, 0) is 64.0 Å². The number of hydrogen-bond acceptors (Lipinski definition) is 30. The van der Waals surface area contributed by atoms with Crippen LogP contribution in [-0.4, -0.2) is 279 Å². The van der Waals surface area contributed by atoms with Crippen molar-refractivity contribution < 1.29 is 118 Å². The molecule has 2 aromatic heterocycles. The van der Waals surface area contributed by atoms with Crippen LogP contribution in [0.25, 0.3) is 11.2 Å². The lowest BCUT2D eigenvalue weighted by Crippen LogP contribution is -2.55. The molecule has 1 unspecified atom stereocenters. The summed E-state index contributed by atoms with van der Waals surface area (Å²) in [6, 6.07) is -0.815. The minimum Gasteiger partial charge on any atom is -0.481 e. The number of carbonyl (C=O) groups excluding carboxylic acids is 11. The van der Waals surface area contributed by atoms with Crippen molar-refractivity contribution in [1.29, 1.82) is 0 Å². The minimum atomic E-state index is -1.88. The molecule has 0 bridgehead atoms. The zero-order valence-corrected chi connectivity index (χ0v) is 55.1. The first-order valence-corrected chi connectivity index (χ1v) is 33.0. The molecule has 2 heterocycles. The van der Waals surface area contributed by atoms with Gasteiger partial charge in [0.1, 0.15) is 43.0 Å². The van der Waals surface area contributed by atoms with Crippen LogP contribution in [0.4, 0.5) is 16.4 Å². The van der Waals surface area contributed by atoms with Gasteiger partial charge in [-0.05, 0) is 56.4 Å². The molecule has 44 heteroatoms. The number of anilines is 2. The van der Waals surface area contributed by atoms with E-state index in [4.69, 9.17) is 21.7 Å². The van der Waals surface area contributed by atoms with Crippen LogP contribution in [0, 0.1) is 0 Å². The molecule has 0 fully saturated rings. The molecule has 0 saturated heterocycles. The maximum atomic E-state index is 13.7. The number of aromatic nitrogens is 4. The monoisotopic (exact) mass is 1460 g/mol. The third-order valence-electron chi connectivity index (χ3n) is 13.7. The highest BCUT2D eigenvalue weighted by atomic mass is 33.1. The second-order valence-electron chi connectivity index (χ2n) is 21.6. The second kappa shape index (κ2) is 45.1. The van der Waals surface area contributed by atoms with Crippen molar-refractivity contribution in [3.05, 3.63) is 52.1 Å². The van der Waals surface area contributed by atoms with Crippen molar-refractivity contribution in [2.75, 3.05) is 81.6 Å². The number of nitrogens with two attached hydrogens (primary N) is 2. The number of aliphatic carboxylic acids is 2. The van der Waals surface area contributed by atoms with E-state index in [-0.39, 0.29) is 79.6 Å². The minimum absolute atomic E-state index is 0.00114. The standard InChI is InChI=1S/C56H83N17O25S2/c57-55-72-48-45(53(94)73-55)67-29(20-64-48)19-60-28-5-3-27(4-6-28)49(90)59-13-1-2-38(80)63-23-41(83)70-32(18-44(86)87)51(92)66-25-42(84)68-30(7-9-39(81)61-21-36(78)46(88)34(76)11-14-74)50(91)65-24-43(85)69-31(8-10-40(82)62-22-37(79)47(89)35(77)12-15-75)52(93)71-33(54(95)96)26-100-99-17-16-98-56(58)97/h3-6,20,30-37,46-47,60,74-79,88-89H,1-2,7-19,21-26H2,(H2,58,97)(H,59,90)(H,61,81)(H,62,82)(H,63,80)(H,65,91)(H,66,92)(H,68,84)(H,69,85)(H,70,83)(H,71,93)(H,86,87)(H,95,96)(H3,57,64,72,73,94)/t30-,31-,32-,33-,34+,35+,36?,37-,46-,47-/m0/s1. The normalized spacial score (nSPS) is 14.0. The lowest BCUT2D eigenvalue weighted by molar-refractivity contribution is -0.141. The summed E-state index contributed by atoms with van der Waals surface area (Å²) in [5.41, 5.74) is 11.3. The molecule has 100 heavy (non-hydrogen) atoms. The third kappa shape index (κ3) is 32.8. The molecule has 0 aliphatic carbocycles. The molecule has 42 nitrogen and oxygen atoms in total. The lowest BCUT2D eigenvalue weighted by Gasteiger charge is -2.23. The fourth-order valence-electron chi connectivity index (χ4n) is 8.37. The van der Waals surface area contributed by atoms with Crippen LogP contribution in [0.3, 0.4) is 0 Å². The number of carboxylic acids is 2. The Balaban J connectivity index is 1.63. The number of nitrogens with zero attached hydrogens (tertiary/aromatic N) is 3. The Bertz CT molecular complexity index is 3320. The van der Waals surface area contributed by atoms with Crippen molar-refractivity contribution in [3.8, 4) is 0 Å². The van der Waals surface area contributed by atoms with Gasteiger partial charge in [0.15, 0.2) is 11.2 Å². The first kappa shape index (κ1) is 84.6. The highest BCUT2D eigenvalue weighted by Gasteiger charge is 2.32. The van der Waals surface area contributed by atoms with Crippen LogP contribution in [0.5, 0.6) is 0 Å². The summed E-state index contributed by atoms with van der Waals surface area (Å²) < 4.78 is 4.60. The average Bonchev–Trinajstić information content (AvgIpc) is 0.813. The maximum absolute atomic E-state index is 13.7. The van der Waals surface area contributed by atoms with Crippen LogP contribution < -0.4 is 75.5 Å². The van der Waals surface area contributed by atoms with E-state index in [0.29, 0.717) is 11.4 Å². The number of rotatable bonds is 48. The van der Waals surface area contributed by atoms with E-state index < -0.39 is 221 Å². The number of primary amides is 1. The largest absolute Gasteiger partial charge is 0.481 e. The molecule has 11 amide bonds. The zero-order chi connectivity index (χ0) is 74.4. The number of hydrogen-bond donors (Lipinski definition) is 24. The van der Waals surface area contributed by atoms with Gasteiger partial charge in [-0.3, -0.25) is 62.5 Å². The van der Waals surface area contributed by atoms with Crippen LogP contribution in [0.15, 0.2) is 35.3 Å². The number of fused-ring (bicyclic) bond motifs is 1. The van der Waals surface area contributed by atoms with Crippen molar-refractivity contribution in [2.24, 2.45) is 5.73 Å². The number of aliphatic hydroxyl groups is 8. The first-order chi connectivity index (χ1) is 47.4. The molecule has 0 spiro atoms. The quantitative estimate of drug-likeness (QED) is 0.0184. The smallest absolute Gasteiger partial charge is 0.404 e. The fraction of sp³-hybridized carbons (Fsp3) is 0.554. The molecule has 3 rings (SSSR count). The van der Waals surface area contributed by atoms with Gasteiger partial charge in [-0.1, -0.05) is 21.6 Å². The van der Waals surface area contributed by atoms with Crippen molar-refractivity contribution >= 4 is 121 Å². The number of nitrogen functional groups attached to an aromatic ring is 1. The number of benzene rings is 1. The molecule has 0 radical (unpaired) electrons. The van der Waals surface area contributed by atoms with E-state index in [1.807, 2.05) is 0 Å². The lowest BCUT2D eigenvalue weighted by atomic mass is 10.1. The van der Waals surface area contributed by atoms with E-state index in [9.17, 15) is 108 Å². The number of aromatic amines is 1. The molecule has 1 aromatic carbocycles.